The molecular weight excluding hydrogens is 628 g/mol. The van der Waals surface area contributed by atoms with E-state index in [2.05, 4.69) is 14.8 Å². The molecule has 22 heteroatoms. The largest absolute Gasteiger partial charge is 0.397 e. The maximum atomic E-state index is 12.1. The molecule has 0 aromatic heterocycles. The first-order valence-electron chi connectivity index (χ1n) is 13.2. The Morgan fingerprint density at radius 2 is 1.23 bits per heavy atom. The first-order chi connectivity index (χ1) is 20.5. The number of amides is 2. The van der Waals surface area contributed by atoms with E-state index in [1.165, 1.54) is 0 Å². The third-order valence-corrected chi connectivity index (χ3v) is 7.53. The van der Waals surface area contributed by atoms with Crippen LogP contribution in [0, 0.1) is 0 Å². The lowest BCUT2D eigenvalue weighted by molar-refractivity contribution is -0.359. The van der Waals surface area contributed by atoms with Gasteiger partial charge in [0.2, 0.25) is 11.8 Å². The summed E-state index contributed by atoms with van der Waals surface area (Å²) in [5.41, 5.74) is 0. The van der Waals surface area contributed by atoms with Crippen LogP contribution in [0.3, 0.4) is 0 Å². The Morgan fingerprint density at radius 1 is 0.682 bits per heavy atom. The second-order valence-corrected chi connectivity index (χ2v) is 11.4. The summed E-state index contributed by atoms with van der Waals surface area (Å²) < 4.78 is 62.4. The van der Waals surface area contributed by atoms with Gasteiger partial charge < -0.3 is 75.2 Å². The monoisotopic (exact) mass is 666 g/mol. The van der Waals surface area contributed by atoms with Gasteiger partial charge in [-0.1, -0.05) is 0 Å². The van der Waals surface area contributed by atoms with E-state index in [4.69, 9.17) is 28.2 Å². The second kappa shape index (κ2) is 15.3. The minimum atomic E-state index is -5.01. The Balaban J connectivity index is 1.87. The van der Waals surface area contributed by atoms with Gasteiger partial charge in [0.15, 0.2) is 18.9 Å². The molecule has 3 fully saturated rings. The molecule has 0 aromatic rings. The fourth-order valence-electron chi connectivity index (χ4n) is 5.00. The molecule has 3 rings (SSSR count). The molecule has 0 aromatic carbocycles. The van der Waals surface area contributed by atoms with Gasteiger partial charge in [-0.3, -0.25) is 14.1 Å². The van der Waals surface area contributed by atoms with Crippen molar-refractivity contribution in [3.63, 3.8) is 0 Å². The highest BCUT2D eigenvalue weighted by molar-refractivity contribution is 7.80. The van der Waals surface area contributed by atoms with Gasteiger partial charge in [0.25, 0.3) is 0 Å². The summed E-state index contributed by atoms with van der Waals surface area (Å²) in [6.07, 6.45) is -23.0. The molecule has 0 saturated carbocycles. The molecule has 0 radical (unpaired) electrons. The molecular formula is C22H38N2O19S. The zero-order valence-electron chi connectivity index (χ0n) is 23.3. The summed E-state index contributed by atoms with van der Waals surface area (Å²) >= 11 is 0. The number of nitrogens with one attached hydrogen (secondary N) is 2. The number of rotatable bonds is 11. The Morgan fingerprint density at radius 3 is 1.77 bits per heavy atom. The van der Waals surface area contributed by atoms with Crippen molar-refractivity contribution in [3.8, 4) is 0 Å². The predicted molar refractivity (Wildman–Crippen MR) is 135 cm³/mol. The Bertz CT molecular complexity index is 1080. The highest BCUT2D eigenvalue weighted by atomic mass is 32.3. The number of ether oxygens (including phenoxy) is 5. The quantitative estimate of drug-likeness (QED) is 0.0912. The molecule has 11 N–H and O–H groups in total. The molecule has 2 amide bonds. The molecule has 0 spiro atoms. The minimum Gasteiger partial charge on any atom is -0.394 e. The van der Waals surface area contributed by atoms with Gasteiger partial charge in [-0.15, -0.1) is 0 Å². The van der Waals surface area contributed by atoms with Crippen molar-refractivity contribution in [2.24, 2.45) is 0 Å². The van der Waals surface area contributed by atoms with Crippen LogP contribution in [-0.4, -0.2) is 177 Å². The third kappa shape index (κ3) is 8.75. The van der Waals surface area contributed by atoms with Crippen molar-refractivity contribution in [1.82, 2.24) is 10.6 Å². The molecule has 0 unspecified atom stereocenters. The number of aliphatic hydroxyl groups excluding tert-OH is 8. The molecule has 44 heavy (non-hydrogen) atoms. The van der Waals surface area contributed by atoms with Gasteiger partial charge >= 0.3 is 10.4 Å². The van der Waals surface area contributed by atoms with Gasteiger partial charge in [0, 0.05) is 13.8 Å². The zero-order chi connectivity index (χ0) is 33.1. The molecule has 21 nitrogen and oxygen atoms in total. The van der Waals surface area contributed by atoms with E-state index < -0.39 is 134 Å². The lowest BCUT2D eigenvalue weighted by Crippen LogP contribution is -2.70. The average molecular weight is 667 g/mol. The molecule has 3 saturated heterocycles. The zero-order valence-corrected chi connectivity index (χ0v) is 24.1. The summed E-state index contributed by atoms with van der Waals surface area (Å²) in [4.78, 5) is 23.8. The normalized spacial score (nSPS) is 43.3. The number of hydrogen-bond acceptors (Lipinski definition) is 18. The van der Waals surface area contributed by atoms with Crippen molar-refractivity contribution in [2.75, 3.05) is 19.8 Å². The number of carbonyl (C=O) groups excluding carboxylic acids is 2. The fourth-order valence-corrected chi connectivity index (χ4v) is 5.31. The molecule has 3 heterocycles. The smallest absolute Gasteiger partial charge is 0.394 e. The lowest BCUT2D eigenvalue weighted by Gasteiger charge is -2.49. The Hall–Kier alpha value is -1.71. The van der Waals surface area contributed by atoms with Gasteiger partial charge in [-0.25, -0.2) is 4.18 Å². The van der Waals surface area contributed by atoms with Crippen LogP contribution < -0.4 is 10.6 Å². The molecule has 3 aliphatic heterocycles. The van der Waals surface area contributed by atoms with Crippen LogP contribution in [-0.2, 0) is 47.9 Å². The van der Waals surface area contributed by atoms with Gasteiger partial charge in [-0.2, -0.15) is 8.42 Å². The van der Waals surface area contributed by atoms with Crippen LogP contribution in [0.15, 0.2) is 0 Å². The summed E-state index contributed by atoms with van der Waals surface area (Å²) in [5, 5.41) is 87.6. The van der Waals surface area contributed by atoms with Crippen molar-refractivity contribution >= 4 is 22.2 Å². The number of hydrogen-bond donors (Lipinski definition) is 11. The molecule has 3 aliphatic rings. The average Bonchev–Trinajstić information content (AvgIpc) is 2.93. The highest BCUT2D eigenvalue weighted by Gasteiger charge is 2.54. The van der Waals surface area contributed by atoms with E-state index in [1.807, 2.05) is 0 Å². The summed E-state index contributed by atoms with van der Waals surface area (Å²) in [6, 6.07) is -3.04. The van der Waals surface area contributed by atoms with Crippen LogP contribution in [0.1, 0.15) is 13.8 Å². The van der Waals surface area contributed by atoms with Crippen LogP contribution in [0.4, 0.5) is 0 Å². The highest BCUT2D eigenvalue weighted by Crippen LogP contribution is 2.32. The van der Waals surface area contributed by atoms with Crippen LogP contribution >= 0.6 is 0 Å². The molecule has 256 valence electrons. The maximum Gasteiger partial charge on any atom is 0.397 e. The van der Waals surface area contributed by atoms with Gasteiger partial charge in [-0.05, 0) is 0 Å². The van der Waals surface area contributed by atoms with E-state index in [9.17, 15) is 58.9 Å². The van der Waals surface area contributed by atoms with Gasteiger partial charge in [0.05, 0.1) is 19.8 Å². The number of aliphatic hydroxyl groups is 8. The molecule has 0 bridgehead atoms. The fraction of sp³-hybridized carbons (Fsp3) is 0.909. The van der Waals surface area contributed by atoms with Crippen LogP contribution in [0.5, 0.6) is 0 Å². The van der Waals surface area contributed by atoms with E-state index >= 15 is 0 Å². The minimum absolute atomic E-state index is 0.677. The standard InChI is InChI=1S/C22H38N2O19S/c1-6(27)23-11-15(31)18(42-22-17(33)16(32)13(29)10(41-22)5-38-44(35,36)37)9(4-26)40-21(11)43-19-12(24-7(2)28)20(34)39-8(3-25)14(19)30/h8-22,25-26,29-34H,3-5H2,1-2H3,(H,23,27)(H,24,28)(H,35,36,37)/t8-,9-,10-,11-,12-,13+,14+,15-,16+,17-,18-,19-,20-,21+,22+/m1/s1. The Kier molecular flexibility index (Phi) is 12.7. The van der Waals surface area contributed by atoms with E-state index in [-0.39, 0.29) is 0 Å². The van der Waals surface area contributed by atoms with Crippen molar-refractivity contribution < 1.29 is 91.3 Å². The van der Waals surface area contributed by atoms with Gasteiger partial charge in [0.1, 0.15) is 73.1 Å². The van der Waals surface area contributed by atoms with Crippen molar-refractivity contribution in [3.05, 3.63) is 0 Å². The van der Waals surface area contributed by atoms with E-state index in [0.717, 1.165) is 13.8 Å². The summed E-state index contributed by atoms with van der Waals surface area (Å²) in [6.45, 7) is -0.603. The summed E-state index contributed by atoms with van der Waals surface area (Å²) in [7, 11) is -5.01. The van der Waals surface area contributed by atoms with Crippen molar-refractivity contribution in [2.45, 2.75) is 106 Å². The third-order valence-electron chi connectivity index (χ3n) is 7.10. The predicted octanol–water partition coefficient (Wildman–Crippen LogP) is -7.46. The Labute approximate surface area is 250 Å². The molecule has 0 aliphatic carbocycles. The first-order valence-corrected chi connectivity index (χ1v) is 14.6. The molecule has 15 atom stereocenters. The van der Waals surface area contributed by atoms with E-state index in [1.54, 1.807) is 0 Å². The first kappa shape index (κ1) is 36.8. The second-order valence-electron chi connectivity index (χ2n) is 10.3. The van der Waals surface area contributed by atoms with Crippen LogP contribution in [0.25, 0.3) is 0 Å². The topological polar surface area (TPSA) is 330 Å². The SMILES string of the molecule is CC(=O)N[C@@H]1[C@@H](O[C@@H]2O[C@H](CO)[C@@H](O[C@@H]3O[C@H](COS(=O)(=O)O)[C@H](O)[C@H](O)[C@H]3O)[C@H](O)[C@H]2NC(C)=O)[C@@H](O)[C@@H](CO)O[C@H]1O. The summed E-state index contributed by atoms with van der Waals surface area (Å²) in [5.74, 6) is -1.43. The number of carbonyl (C=O) groups is 2. The van der Waals surface area contributed by atoms with Crippen molar-refractivity contribution in [1.29, 1.82) is 0 Å². The van der Waals surface area contributed by atoms with Crippen LogP contribution in [0.2, 0.25) is 0 Å². The maximum absolute atomic E-state index is 12.1. The van der Waals surface area contributed by atoms with E-state index in [0.29, 0.717) is 0 Å². The lowest BCUT2D eigenvalue weighted by atomic mass is 9.94.